The summed E-state index contributed by atoms with van der Waals surface area (Å²) in [4.78, 5) is 27.6. The second-order valence-electron chi connectivity index (χ2n) is 5.64. The Hall–Kier alpha value is -3.24. The van der Waals surface area contributed by atoms with Crippen LogP contribution in [-0.4, -0.2) is 30.4 Å². The number of carbonyl (C=O) groups is 2. The van der Waals surface area contributed by atoms with Crippen molar-refractivity contribution in [3.63, 3.8) is 0 Å². The average molecular weight is 417 g/mol. The number of thiazole rings is 1. The van der Waals surface area contributed by atoms with E-state index < -0.39 is 21.9 Å². The zero-order chi connectivity index (χ0) is 20.1. The minimum Gasteiger partial charge on any atom is -0.478 e. The van der Waals surface area contributed by atoms with E-state index in [1.165, 1.54) is 24.3 Å². The van der Waals surface area contributed by atoms with Gasteiger partial charge in [-0.2, -0.15) is 0 Å². The van der Waals surface area contributed by atoms with Gasteiger partial charge in [0.1, 0.15) is 0 Å². The fourth-order valence-corrected chi connectivity index (χ4v) is 4.33. The molecule has 144 valence electrons. The maximum atomic E-state index is 12.3. The van der Waals surface area contributed by atoms with Gasteiger partial charge in [0.05, 0.1) is 28.3 Å². The van der Waals surface area contributed by atoms with E-state index in [1.807, 2.05) is 0 Å². The Morgan fingerprint density at radius 1 is 1.04 bits per heavy atom. The molecule has 0 bridgehead atoms. The van der Waals surface area contributed by atoms with Gasteiger partial charge in [-0.25, -0.2) is 18.2 Å². The summed E-state index contributed by atoms with van der Waals surface area (Å²) >= 11 is 1.05. The number of carboxylic acid groups (broad SMARTS) is 1. The highest BCUT2D eigenvalue weighted by atomic mass is 32.2. The van der Waals surface area contributed by atoms with Gasteiger partial charge in [-0.05, 0) is 24.3 Å². The lowest BCUT2D eigenvalue weighted by molar-refractivity contribution is -0.115. The number of aromatic nitrogens is 1. The van der Waals surface area contributed by atoms with E-state index in [0.29, 0.717) is 5.69 Å². The van der Waals surface area contributed by atoms with Gasteiger partial charge >= 0.3 is 5.97 Å². The smallest absolute Gasteiger partial charge is 0.337 e. The molecule has 3 N–H and O–H groups in total. The van der Waals surface area contributed by atoms with Crippen LogP contribution in [0.4, 0.5) is 10.8 Å². The van der Waals surface area contributed by atoms with Crippen LogP contribution in [0.25, 0.3) is 0 Å². The normalized spacial score (nSPS) is 11.0. The summed E-state index contributed by atoms with van der Waals surface area (Å²) in [6, 6.07) is 13.9. The molecule has 3 rings (SSSR count). The molecule has 8 nitrogen and oxygen atoms in total. The molecule has 0 aliphatic carbocycles. The van der Waals surface area contributed by atoms with Crippen molar-refractivity contribution < 1.29 is 23.1 Å². The number of amides is 1. The summed E-state index contributed by atoms with van der Waals surface area (Å²) < 4.78 is 27.0. The van der Waals surface area contributed by atoms with Crippen molar-refractivity contribution in [1.82, 2.24) is 4.98 Å². The van der Waals surface area contributed by atoms with Crippen molar-refractivity contribution in [2.75, 3.05) is 10.0 Å². The molecule has 28 heavy (non-hydrogen) atoms. The number of nitrogens with zero attached hydrogens (tertiary/aromatic N) is 1. The monoisotopic (exact) mass is 417 g/mol. The Kier molecular flexibility index (Phi) is 5.71. The molecule has 2 aromatic carbocycles. The molecular weight excluding hydrogens is 402 g/mol. The van der Waals surface area contributed by atoms with Crippen LogP contribution in [-0.2, 0) is 21.2 Å². The van der Waals surface area contributed by atoms with E-state index in [1.54, 1.807) is 35.7 Å². The molecule has 1 heterocycles. The molecule has 0 atom stereocenters. The third-order valence-electron chi connectivity index (χ3n) is 3.60. The van der Waals surface area contributed by atoms with Gasteiger partial charge in [-0.15, -0.1) is 11.3 Å². The molecular formula is C18H15N3O5S2. The van der Waals surface area contributed by atoms with Crippen molar-refractivity contribution in [1.29, 1.82) is 0 Å². The summed E-state index contributed by atoms with van der Waals surface area (Å²) in [5.74, 6) is -1.61. The zero-order valence-electron chi connectivity index (χ0n) is 14.3. The molecule has 0 saturated heterocycles. The standard InChI is InChI=1S/C18H15N3O5S2/c22-16(20-15-9-5-4-8-14(15)17(23)24)10-12-11-27-18(19-12)21-28(25,26)13-6-2-1-3-7-13/h1-9,11H,10H2,(H,19,21)(H,20,22)(H,23,24). The average Bonchev–Trinajstić information content (AvgIpc) is 3.08. The summed E-state index contributed by atoms with van der Waals surface area (Å²) in [5.41, 5.74) is 0.520. The van der Waals surface area contributed by atoms with E-state index in [-0.39, 0.29) is 27.7 Å². The van der Waals surface area contributed by atoms with E-state index in [2.05, 4.69) is 15.0 Å². The predicted octanol–water partition coefficient (Wildman–Crippen LogP) is 2.82. The number of hydrogen-bond donors (Lipinski definition) is 3. The molecule has 3 aromatic rings. The van der Waals surface area contributed by atoms with Gasteiger partial charge in [0, 0.05) is 5.38 Å². The third-order valence-corrected chi connectivity index (χ3v) is 5.89. The number of hydrogen-bond acceptors (Lipinski definition) is 6. The number of nitrogens with one attached hydrogen (secondary N) is 2. The Morgan fingerprint density at radius 3 is 2.43 bits per heavy atom. The first-order valence-corrected chi connectivity index (χ1v) is 10.4. The van der Waals surface area contributed by atoms with E-state index in [0.717, 1.165) is 11.3 Å². The number of rotatable bonds is 7. The molecule has 1 aromatic heterocycles. The summed E-state index contributed by atoms with van der Waals surface area (Å²) in [7, 11) is -3.76. The highest BCUT2D eigenvalue weighted by Crippen LogP contribution is 2.21. The first kappa shape index (κ1) is 19.5. The third kappa shape index (κ3) is 4.72. The topological polar surface area (TPSA) is 125 Å². The Balaban J connectivity index is 1.67. The van der Waals surface area contributed by atoms with Crippen molar-refractivity contribution in [3.8, 4) is 0 Å². The van der Waals surface area contributed by atoms with Gasteiger partial charge in [0.2, 0.25) is 5.91 Å². The number of para-hydroxylation sites is 1. The number of carbonyl (C=O) groups excluding carboxylic acids is 1. The van der Waals surface area contributed by atoms with Gasteiger partial charge in [-0.3, -0.25) is 9.52 Å². The highest BCUT2D eigenvalue weighted by molar-refractivity contribution is 7.93. The fourth-order valence-electron chi connectivity index (χ4n) is 2.35. The zero-order valence-corrected chi connectivity index (χ0v) is 16.0. The minimum absolute atomic E-state index is 0.0227. The van der Waals surface area contributed by atoms with Gasteiger partial charge in [-0.1, -0.05) is 30.3 Å². The van der Waals surface area contributed by atoms with Crippen LogP contribution >= 0.6 is 11.3 Å². The van der Waals surface area contributed by atoms with Gasteiger partial charge in [0.15, 0.2) is 5.13 Å². The van der Waals surface area contributed by atoms with Crippen molar-refractivity contribution in [3.05, 3.63) is 71.2 Å². The minimum atomic E-state index is -3.76. The summed E-state index contributed by atoms with van der Waals surface area (Å²) in [5, 5.41) is 13.4. The summed E-state index contributed by atoms with van der Waals surface area (Å²) in [6.45, 7) is 0. The number of aromatic carboxylic acids is 1. The van der Waals surface area contributed by atoms with Crippen molar-refractivity contribution >= 4 is 44.1 Å². The molecule has 1 amide bonds. The molecule has 0 spiro atoms. The molecule has 0 fully saturated rings. The van der Waals surface area contributed by atoms with Gasteiger partial charge < -0.3 is 10.4 Å². The Labute approximate surface area is 164 Å². The molecule has 10 heteroatoms. The van der Waals surface area contributed by atoms with Crippen LogP contribution in [0.1, 0.15) is 16.1 Å². The van der Waals surface area contributed by atoms with E-state index in [4.69, 9.17) is 5.11 Å². The van der Waals surface area contributed by atoms with Crippen LogP contribution in [0.2, 0.25) is 0 Å². The van der Waals surface area contributed by atoms with E-state index in [9.17, 15) is 18.0 Å². The predicted molar refractivity (Wildman–Crippen MR) is 105 cm³/mol. The number of carboxylic acids is 1. The maximum Gasteiger partial charge on any atom is 0.337 e. The van der Waals surface area contributed by atoms with Gasteiger partial charge in [0.25, 0.3) is 10.0 Å². The molecule has 0 unspecified atom stereocenters. The summed E-state index contributed by atoms with van der Waals surface area (Å²) in [6.07, 6.45) is -0.127. The first-order valence-electron chi connectivity index (χ1n) is 7.99. The lowest BCUT2D eigenvalue weighted by Gasteiger charge is -2.07. The lowest BCUT2D eigenvalue weighted by Crippen LogP contribution is -2.17. The second kappa shape index (κ2) is 8.19. The van der Waals surface area contributed by atoms with Crippen LogP contribution in [0, 0.1) is 0 Å². The molecule has 0 radical (unpaired) electrons. The lowest BCUT2D eigenvalue weighted by atomic mass is 10.1. The van der Waals surface area contributed by atoms with Crippen molar-refractivity contribution in [2.24, 2.45) is 0 Å². The van der Waals surface area contributed by atoms with Crippen LogP contribution in [0.3, 0.4) is 0 Å². The Morgan fingerprint density at radius 2 is 1.71 bits per heavy atom. The molecule has 0 aliphatic heterocycles. The first-order chi connectivity index (χ1) is 13.3. The SMILES string of the molecule is O=C(Cc1csc(NS(=O)(=O)c2ccccc2)n1)Nc1ccccc1C(=O)O. The number of sulfonamides is 1. The highest BCUT2D eigenvalue weighted by Gasteiger charge is 2.17. The quantitative estimate of drug-likeness (QED) is 0.543. The van der Waals surface area contributed by atoms with Crippen LogP contribution in [0.15, 0.2) is 64.9 Å². The molecule has 0 saturated carbocycles. The second-order valence-corrected chi connectivity index (χ2v) is 8.18. The molecule has 0 aliphatic rings. The number of benzene rings is 2. The maximum absolute atomic E-state index is 12.3. The number of anilines is 2. The Bertz CT molecular complexity index is 1110. The fraction of sp³-hybridized carbons (Fsp3) is 0.0556. The largest absolute Gasteiger partial charge is 0.478 e. The van der Waals surface area contributed by atoms with Crippen LogP contribution < -0.4 is 10.0 Å². The van der Waals surface area contributed by atoms with E-state index >= 15 is 0 Å². The van der Waals surface area contributed by atoms with Crippen molar-refractivity contribution in [2.45, 2.75) is 11.3 Å². The van der Waals surface area contributed by atoms with Crippen LogP contribution in [0.5, 0.6) is 0 Å².